The molecule has 160 valence electrons. The van der Waals surface area contributed by atoms with E-state index in [-0.39, 0.29) is 48.8 Å². The average molecular weight is 426 g/mol. The van der Waals surface area contributed by atoms with E-state index in [9.17, 15) is 18.0 Å². The lowest BCUT2D eigenvalue weighted by Gasteiger charge is -2.42. The van der Waals surface area contributed by atoms with Crippen LogP contribution in [-0.4, -0.2) is 69.8 Å². The molecule has 3 atom stereocenters. The number of carbonyl (C=O) groups excluding carboxylic acids is 2. The van der Waals surface area contributed by atoms with Gasteiger partial charge in [0.15, 0.2) is 0 Å². The molecular weight excluding hydrogens is 398 g/mol. The molecule has 1 aromatic carbocycles. The summed E-state index contributed by atoms with van der Waals surface area (Å²) >= 11 is 0. The molecule has 2 heterocycles. The van der Waals surface area contributed by atoms with E-state index in [1.807, 2.05) is 0 Å². The SMILES string of the molecule is CCS(=O)(=O)Nc1ccc2c(c1)C(=O)N(C)[C@H]1CC[C@@H](CC(=O)NC)O[C@H]1CO2. The van der Waals surface area contributed by atoms with Gasteiger partial charge >= 0.3 is 0 Å². The minimum Gasteiger partial charge on any atom is -0.490 e. The molecule has 2 aliphatic rings. The van der Waals surface area contributed by atoms with E-state index in [0.717, 1.165) is 0 Å². The fraction of sp³-hybridized carbons (Fsp3) is 0.579. The predicted molar refractivity (Wildman–Crippen MR) is 107 cm³/mol. The Morgan fingerprint density at radius 3 is 2.76 bits per heavy atom. The Balaban J connectivity index is 1.82. The summed E-state index contributed by atoms with van der Waals surface area (Å²) in [5.74, 6) is -0.0401. The van der Waals surface area contributed by atoms with Crippen molar-refractivity contribution in [1.82, 2.24) is 10.2 Å². The van der Waals surface area contributed by atoms with Gasteiger partial charge in [-0.25, -0.2) is 8.42 Å². The number of nitrogens with one attached hydrogen (secondary N) is 2. The molecule has 29 heavy (non-hydrogen) atoms. The van der Waals surface area contributed by atoms with Crippen molar-refractivity contribution in [2.75, 3.05) is 31.2 Å². The number of anilines is 1. The van der Waals surface area contributed by atoms with Crippen molar-refractivity contribution >= 4 is 27.5 Å². The van der Waals surface area contributed by atoms with Crippen molar-refractivity contribution in [2.24, 2.45) is 0 Å². The third kappa shape index (κ3) is 4.81. The standard InChI is InChI=1S/C19H27N3O6S/c1-4-29(25,26)21-12-5-8-16-14(9-12)19(24)22(3)15-7-6-13(10-18(23)20-2)28-17(15)11-27-16/h5,8-9,13,15,17,21H,4,6-7,10-11H2,1-3H3,(H,20,23)/t13-,15-,17-/m0/s1. The Morgan fingerprint density at radius 1 is 1.31 bits per heavy atom. The molecule has 9 nitrogen and oxygen atoms in total. The van der Waals surface area contributed by atoms with Crippen molar-refractivity contribution in [3.63, 3.8) is 0 Å². The van der Waals surface area contributed by atoms with Gasteiger partial charge in [-0.1, -0.05) is 0 Å². The second-order valence-corrected chi connectivity index (χ2v) is 9.27. The van der Waals surface area contributed by atoms with E-state index in [1.165, 1.54) is 6.07 Å². The van der Waals surface area contributed by atoms with E-state index >= 15 is 0 Å². The van der Waals surface area contributed by atoms with Gasteiger partial charge in [0, 0.05) is 19.8 Å². The first-order valence-electron chi connectivity index (χ1n) is 9.64. The lowest BCUT2D eigenvalue weighted by molar-refractivity contribution is -0.133. The van der Waals surface area contributed by atoms with Gasteiger partial charge in [0.05, 0.1) is 29.9 Å². The monoisotopic (exact) mass is 425 g/mol. The molecule has 0 aromatic heterocycles. The van der Waals surface area contributed by atoms with Crippen LogP contribution in [0.15, 0.2) is 18.2 Å². The van der Waals surface area contributed by atoms with Crippen LogP contribution in [-0.2, 0) is 19.6 Å². The fourth-order valence-corrected chi connectivity index (χ4v) is 4.28. The van der Waals surface area contributed by atoms with Crippen LogP contribution in [0.5, 0.6) is 5.75 Å². The molecule has 0 saturated carbocycles. The van der Waals surface area contributed by atoms with Crippen LogP contribution in [0.2, 0.25) is 0 Å². The van der Waals surface area contributed by atoms with Gasteiger partial charge in [-0.15, -0.1) is 0 Å². The molecule has 1 aromatic rings. The summed E-state index contributed by atoms with van der Waals surface area (Å²) in [5, 5.41) is 2.60. The maximum Gasteiger partial charge on any atom is 0.257 e. The zero-order chi connectivity index (χ0) is 21.2. The molecule has 0 bridgehead atoms. The van der Waals surface area contributed by atoms with Crippen LogP contribution in [0.25, 0.3) is 0 Å². The maximum absolute atomic E-state index is 13.1. The highest BCUT2D eigenvalue weighted by atomic mass is 32.2. The van der Waals surface area contributed by atoms with Crippen molar-refractivity contribution in [3.8, 4) is 5.75 Å². The third-order valence-electron chi connectivity index (χ3n) is 5.36. The summed E-state index contributed by atoms with van der Waals surface area (Å²) in [5.41, 5.74) is 0.619. The van der Waals surface area contributed by atoms with Gasteiger partial charge < -0.3 is 19.7 Å². The van der Waals surface area contributed by atoms with Gasteiger partial charge in [0.1, 0.15) is 18.5 Å². The Morgan fingerprint density at radius 2 is 2.07 bits per heavy atom. The van der Waals surface area contributed by atoms with Gasteiger partial charge in [-0.3, -0.25) is 14.3 Å². The van der Waals surface area contributed by atoms with Gasteiger partial charge in [-0.05, 0) is 38.0 Å². The summed E-state index contributed by atoms with van der Waals surface area (Å²) in [6.07, 6.45) is 1.06. The van der Waals surface area contributed by atoms with E-state index in [1.54, 1.807) is 38.1 Å². The van der Waals surface area contributed by atoms with Crippen LogP contribution in [0, 0.1) is 0 Å². The highest BCUT2D eigenvalue weighted by Gasteiger charge is 2.39. The summed E-state index contributed by atoms with van der Waals surface area (Å²) in [6, 6.07) is 4.46. The number of ether oxygens (including phenoxy) is 2. The largest absolute Gasteiger partial charge is 0.490 e. The molecule has 1 saturated heterocycles. The molecule has 10 heteroatoms. The fourth-order valence-electron chi connectivity index (χ4n) is 3.65. The van der Waals surface area contributed by atoms with Gasteiger partial charge in [0.2, 0.25) is 15.9 Å². The van der Waals surface area contributed by atoms with Crippen molar-refractivity contribution in [3.05, 3.63) is 23.8 Å². The second kappa shape index (κ2) is 8.58. The molecular formula is C19H27N3O6S. The van der Waals surface area contributed by atoms with Crippen molar-refractivity contribution in [2.45, 2.75) is 44.4 Å². The second-order valence-electron chi connectivity index (χ2n) is 7.26. The predicted octanol–water partition coefficient (Wildman–Crippen LogP) is 0.965. The molecule has 2 aliphatic heterocycles. The zero-order valence-corrected chi connectivity index (χ0v) is 17.6. The van der Waals surface area contributed by atoms with Gasteiger partial charge in [0.25, 0.3) is 5.91 Å². The van der Waals surface area contributed by atoms with E-state index in [4.69, 9.17) is 9.47 Å². The summed E-state index contributed by atoms with van der Waals surface area (Å²) < 4.78 is 38.1. The number of rotatable bonds is 5. The highest BCUT2D eigenvalue weighted by Crippen LogP contribution is 2.32. The molecule has 3 rings (SSSR count). The van der Waals surface area contributed by atoms with Crippen LogP contribution in [0.4, 0.5) is 5.69 Å². The number of benzene rings is 1. The van der Waals surface area contributed by atoms with Crippen LogP contribution >= 0.6 is 0 Å². The minimum atomic E-state index is -3.45. The number of fused-ring (bicyclic) bond motifs is 2. The summed E-state index contributed by atoms with van der Waals surface area (Å²) in [7, 11) is -0.155. The Kier molecular flexibility index (Phi) is 6.33. The van der Waals surface area contributed by atoms with Crippen molar-refractivity contribution < 1.29 is 27.5 Å². The van der Waals surface area contributed by atoms with E-state index in [2.05, 4.69) is 10.0 Å². The van der Waals surface area contributed by atoms with Crippen LogP contribution < -0.4 is 14.8 Å². The van der Waals surface area contributed by atoms with Crippen LogP contribution in [0.3, 0.4) is 0 Å². The molecule has 0 radical (unpaired) electrons. The van der Waals surface area contributed by atoms with E-state index < -0.39 is 10.0 Å². The summed E-state index contributed by atoms with van der Waals surface area (Å²) in [4.78, 5) is 26.4. The molecule has 1 fully saturated rings. The van der Waals surface area contributed by atoms with Crippen LogP contribution in [0.1, 0.15) is 36.5 Å². The molecule has 0 spiro atoms. The third-order valence-corrected chi connectivity index (χ3v) is 6.66. The normalized spacial score (nSPS) is 24.4. The lowest BCUT2D eigenvalue weighted by Crippen LogP contribution is -2.53. The lowest BCUT2D eigenvalue weighted by atomic mass is 9.94. The Labute approximate surface area is 170 Å². The molecule has 2 N–H and O–H groups in total. The number of hydrogen-bond acceptors (Lipinski definition) is 6. The number of sulfonamides is 1. The minimum absolute atomic E-state index is 0.0628. The molecule has 0 unspecified atom stereocenters. The molecule has 0 aliphatic carbocycles. The Bertz CT molecular complexity index is 888. The average Bonchev–Trinajstić information content (AvgIpc) is 2.70. The topological polar surface area (TPSA) is 114 Å². The first-order valence-corrected chi connectivity index (χ1v) is 11.3. The zero-order valence-electron chi connectivity index (χ0n) is 16.8. The quantitative estimate of drug-likeness (QED) is 0.727. The maximum atomic E-state index is 13.1. The van der Waals surface area contributed by atoms with E-state index in [0.29, 0.717) is 29.8 Å². The number of nitrogens with zero attached hydrogens (tertiary/aromatic N) is 1. The molecule has 2 amide bonds. The van der Waals surface area contributed by atoms with Gasteiger partial charge in [-0.2, -0.15) is 0 Å². The number of amides is 2. The summed E-state index contributed by atoms with van der Waals surface area (Å²) in [6.45, 7) is 1.78. The number of hydrogen-bond donors (Lipinski definition) is 2. The number of carbonyl (C=O) groups is 2. The Hall–Kier alpha value is -2.33. The highest BCUT2D eigenvalue weighted by molar-refractivity contribution is 7.92. The smallest absolute Gasteiger partial charge is 0.257 e. The first-order chi connectivity index (χ1) is 13.7. The van der Waals surface area contributed by atoms with Crippen molar-refractivity contribution in [1.29, 1.82) is 0 Å². The first kappa shape index (κ1) is 21.4. The number of likely N-dealkylation sites (N-methyl/N-ethyl adjacent to an activating group) is 1.